The van der Waals surface area contributed by atoms with E-state index < -0.39 is 0 Å². The Morgan fingerprint density at radius 1 is 0.349 bits per heavy atom. The van der Waals surface area contributed by atoms with Gasteiger partial charge in [-0.05, 0) is 86.2 Å². The predicted octanol–water partition coefficient (Wildman–Crippen LogP) is 15.0. The lowest BCUT2D eigenvalue weighted by Gasteiger charge is -2.19. The maximum Gasteiger partial charge on any atom is 0.167 e. The SMILES string of the molecule is CC(C)(C)c1ccc2c(c1)c1cc(C(C)(C)C)ccc1n2-c1ncc(-c2cc(-c3ccccc3)ccc2-c2ccccc2)cc1-c1nc(-c2ccccc2)nc(-c2ccccc2)n1. The Morgan fingerprint density at radius 2 is 0.794 bits per heavy atom. The lowest BCUT2D eigenvalue weighted by Crippen LogP contribution is -2.10. The second-order valence-corrected chi connectivity index (χ2v) is 18.4. The van der Waals surface area contributed by atoms with E-state index in [9.17, 15) is 0 Å². The fourth-order valence-corrected chi connectivity index (χ4v) is 8.52. The normalized spacial score (nSPS) is 12.0. The minimum Gasteiger partial charge on any atom is -0.293 e. The van der Waals surface area contributed by atoms with Crippen molar-refractivity contribution < 1.29 is 0 Å². The third-order valence-electron chi connectivity index (χ3n) is 12.0. The molecule has 0 aliphatic carbocycles. The van der Waals surface area contributed by atoms with E-state index in [1.54, 1.807) is 0 Å². The van der Waals surface area contributed by atoms with Gasteiger partial charge in [-0.3, -0.25) is 4.57 Å². The Labute approximate surface area is 369 Å². The second kappa shape index (κ2) is 15.8. The Morgan fingerprint density at radius 3 is 1.29 bits per heavy atom. The molecule has 5 heteroatoms. The Hall–Kier alpha value is -7.50. The van der Waals surface area contributed by atoms with Crippen LogP contribution in [0, 0.1) is 0 Å². The molecule has 0 saturated carbocycles. The molecule has 63 heavy (non-hydrogen) atoms. The van der Waals surface area contributed by atoms with Gasteiger partial charge in [-0.2, -0.15) is 0 Å². The van der Waals surface area contributed by atoms with Crippen LogP contribution in [-0.4, -0.2) is 24.5 Å². The zero-order valence-electron chi connectivity index (χ0n) is 36.6. The smallest absolute Gasteiger partial charge is 0.167 e. The number of aromatic nitrogens is 5. The number of rotatable bonds is 7. The molecule has 3 heterocycles. The summed E-state index contributed by atoms with van der Waals surface area (Å²) in [5, 5.41) is 2.38. The van der Waals surface area contributed by atoms with Crippen LogP contribution in [0.1, 0.15) is 52.7 Å². The summed E-state index contributed by atoms with van der Waals surface area (Å²) < 4.78 is 2.31. The van der Waals surface area contributed by atoms with Gasteiger partial charge in [0.2, 0.25) is 0 Å². The first-order valence-corrected chi connectivity index (χ1v) is 21.7. The number of fused-ring (bicyclic) bond motifs is 3. The van der Waals surface area contributed by atoms with E-state index in [1.807, 2.05) is 42.6 Å². The largest absolute Gasteiger partial charge is 0.293 e. The molecule has 0 bridgehead atoms. The minimum atomic E-state index is -0.0351. The average Bonchev–Trinajstić information content (AvgIpc) is 3.64. The maximum absolute atomic E-state index is 5.52. The van der Waals surface area contributed by atoms with Crippen molar-refractivity contribution in [3.8, 4) is 73.4 Å². The molecule has 0 saturated heterocycles. The van der Waals surface area contributed by atoms with Gasteiger partial charge in [0.25, 0.3) is 0 Å². The maximum atomic E-state index is 5.52. The van der Waals surface area contributed by atoms with Gasteiger partial charge in [-0.25, -0.2) is 19.9 Å². The van der Waals surface area contributed by atoms with Crippen LogP contribution in [0.4, 0.5) is 0 Å². The summed E-state index contributed by atoms with van der Waals surface area (Å²) in [6, 6.07) is 64.3. The van der Waals surface area contributed by atoms with E-state index in [0.29, 0.717) is 17.5 Å². The minimum absolute atomic E-state index is 0.0351. The van der Waals surface area contributed by atoms with E-state index in [0.717, 1.165) is 66.9 Å². The Kier molecular flexibility index (Phi) is 9.91. The molecule has 0 aliphatic rings. The zero-order chi connectivity index (χ0) is 43.3. The highest BCUT2D eigenvalue weighted by Crippen LogP contribution is 2.42. The first kappa shape index (κ1) is 39.6. The molecular weight excluding hydrogens is 767 g/mol. The van der Waals surface area contributed by atoms with Crippen molar-refractivity contribution in [1.82, 2.24) is 24.5 Å². The van der Waals surface area contributed by atoms with Crippen LogP contribution in [0.15, 0.2) is 188 Å². The fraction of sp³-hybridized carbons (Fsp3) is 0.138. The number of nitrogens with zero attached hydrogens (tertiary/aromatic N) is 5. The molecule has 0 aliphatic heterocycles. The lowest BCUT2D eigenvalue weighted by molar-refractivity contribution is 0.590. The quantitative estimate of drug-likeness (QED) is 0.161. The summed E-state index contributed by atoms with van der Waals surface area (Å²) in [4.78, 5) is 21.3. The summed E-state index contributed by atoms with van der Waals surface area (Å²) >= 11 is 0. The molecule has 0 unspecified atom stereocenters. The van der Waals surface area contributed by atoms with Crippen molar-refractivity contribution in [3.63, 3.8) is 0 Å². The van der Waals surface area contributed by atoms with Gasteiger partial charge < -0.3 is 0 Å². The van der Waals surface area contributed by atoms with E-state index in [1.165, 1.54) is 21.9 Å². The molecule has 10 rings (SSSR count). The molecule has 0 amide bonds. The molecule has 0 fully saturated rings. The molecule has 10 aromatic rings. The van der Waals surface area contributed by atoms with E-state index in [4.69, 9.17) is 19.9 Å². The van der Waals surface area contributed by atoms with Crippen LogP contribution in [0.5, 0.6) is 0 Å². The van der Waals surface area contributed by atoms with Crippen LogP contribution in [-0.2, 0) is 10.8 Å². The van der Waals surface area contributed by atoms with E-state index >= 15 is 0 Å². The van der Waals surface area contributed by atoms with Crippen molar-refractivity contribution in [2.75, 3.05) is 0 Å². The second-order valence-electron chi connectivity index (χ2n) is 18.4. The fourth-order valence-electron chi connectivity index (χ4n) is 8.52. The van der Waals surface area contributed by atoms with Gasteiger partial charge in [0, 0.05) is 33.7 Å². The molecule has 5 nitrogen and oxygen atoms in total. The summed E-state index contributed by atoms with van der Waals surface area (Å²) in [7, 11) is 0. The van der Waals surface area contributed by atoms with E-state index in [-0.39, 0.29) is 10.8 Å². The standard InChI is InChI=1S/C58H49N5/c1-57(2,3)44-28-31-51-48(35-44)49-36-45(58(4,5)6)29-32-52(49)63(51)56-50(55-61-53(40-23-15-9-16-24-40)60-54(62-55)41-25-17-10-18-26-41)34-43(37-59-56)47-33-42(38-19-11-7-12-20-38)27-30-46(47)39-21-13-8-14-22-39/h7-37H,1-6H3. The highest BCUT2D eigenvalue weighted by molar-refractivity contribution is 6.10. The third kappa shape index (κ3) is 7.61. The first-order valence-electron chi connectivity index (χ1n) is 21.7. The number of hydrogen-bond acceptors (Lipinski definition) is 4. The molecular formula is C58H49N5. The predicted molar refractivity (Wildman–Crippen MR) is 262 cm³/mol. The molecule has 0 spiro atoms. The van der Waals surface area contributed by atoms with Crippen LogP contribution >= 0.6 is 0 Å². The Bertz CT molecular complexity index is 3140. The molecule has 306 valence electrons. The van der Waals surface area contributed by atoms with Crippen molar-refractivity contribution in [2.45, 2.75) is 52.4 Å². The van der Waals surface area contributed by atoms with Crippen molar-refractivity contribution in [3.05, 3.63) is 199 Å². The molecule has 0 N–H and O–H groups in total. The molecule has 0 atom stereocenters. The van der Waals surface area contributed by atoms with Crippen molar-refractivity contribution >= 4 is 21.8 Å². The van der Waals surface area contributed by atoms with Gasteiger partial charge in [-0.15, -0.1) is 0 Å². The lowest BCUT2D eigenvalue weighted by atomic mass is 9.85. The average molecular weight is 816 g/mol. The Balaban J connectivity index is 1.31. The van der Waals surface area contributed by atoms with Gasteiger partial charge in [-0.1, -0.05) is 187 Å². The third-order valence-corrected chi connectivity index (χ3v) is 12.0. The van der Waals surface area contributed by atoms with Crippen molar-refractivity contribution in [2.24, 2.45) is 0 Å². The zero-order valence-corrected chi connectivity index (χ0v) is 36.6. The van der Waals surface area contributed by atoms with Gasteiger partial charge in [0.1, 0.15) is 5.82 Å². The summed E-state index contributed by atoms with van der Waals surface area (Å²) in [6.07, 6.45) is 2.03. The van der Waals surface area contributed by atoms with E-state index in [2.05, 4.69) is 192 Å². The topological polar surface area (TPSA) is 56.5 Å². The van der Waals surface area contributed by atoms with Gasteiger partial charge in [0.05, 0.1) is 16.6 Å². The highest BCUT2D eigenvalue weighted by Gasteiger charge is 2.25. The molecule has 7 aromatic carbocycles. The van der Waals surface area contributed by atoms with Crippen LogP contribution in [0.3, 0.4) is 0 Å². The molecule has 3 aromatic heterocycles. The summed E-state index contributed by atoms with van der Waals surface area (Å²) in [6.45, 7) is 13.7. The first-order chi connectivity index (χ1) is 30.5. The highest BCUT2D eigenvalue weighted by atomic mass is 15.1. The number of pyridine rings is 1. The monoisotopic (exact) mass is 815 g/mol. The number of benzene rings is 7. The number of hydrogen-bond donors (Lipinski definition) is 0. The van der Waals surface area contributed by atoms with Crippen LogP contribution in [0.2, 0.25) is 0 Å². The van der Waals surface area contributed by atoms with Crippen LogP contribution < -0.4 is 0 Å². The summed E-state index contributed by atoms with van der Waals surface area (Å²) in [5.74, 6) is 2.48. The van der Waals surface area contributed by atoms with Gasteiger partial charge >= 0.3 is 0 Å². The molecule has 0 radical (unpaired) electrons. The van der Waals surface area contributed by atoms with Crippen molar-refractivity contribution in [1.29, 1.82) is 0 Å². The van der Waals surface area contributed by atoms with Gasteiger partial charge in [0.15, 0.2) is 17.5 Å². The van der Waals surface area contributed by atoms with Crippen LogP contribution in [0.25, 0.3) is 95.2 Å². The summed E-state index contributed by atoms with van der Waals surface area (Å²) in [5.41, 5.74) is 13.8.